The van der Waals surface area contributed by atoms with Crippen LogP contribution >= 0.6 is 0 Å². The monoisotopic (exact) mass is 558 g/mol. The summed E-state index contributed by atoms with van der Waals surface area (Å²) in [5.41, 5.74) is 2.45. The Bertz CT molecular complexity index is 1400. The van der Waals surface area contributed by atoms with Gasteiger partial charge in [0.1, 0.15) is 11.4 Å². The fourth-order valence-electron chi connectivity index (χ4n) is 4.72. The molecule has 2 heterocycles. The Morgan fingerprint density at radius 1 is 1.18 bits per heavy atom. The number of nitrogens with one attached hydrogen (secondary N) is 1. The number of anilines is 2. The highest BCUT2D eigenvalue weighted by molar-refractivity contribution is 7.92. The van der Waals surface area contributed by atoms with Crippen molar-refractivity contribution in [3.8, 4) is 16.9 Å². The minimum atomic E-state index is -3.76. The molecule has 1 N–H and O–H groups in total. The third-order valence-corrected chi connectivity index (χ3v) is 8.49. The first-order chi connectivity index (χ1) is 18.7. The summed E-state index contributed by atoms with van der Waals surface area (Å²) in [6.07, 6.45) is 12.0. The number of aromatic nitrogens is 4. The Morgan fingerprint density at radius 2 is 1.97 bits per heavy atom. The maximum absolute atomic E-state index is 15.2. The summed E-state index contributed by atoms with van der Waals surface area (Å²) in [7, 11) is -3.76. The highest BCUT2D eigenvalue weighted by Gasteiger charge is 2.22. The maximum atomic E-state index is 15.2. The van der Waals surface area contributed by atoms with Crippen molar-refractivity contribution in [1.82, 2.24) is 20.0 Å². The molecule has 39 heavy (non-hydrogen) atoms. The number of rotatable bonds is 14. The van der Waals surface area contributed by atoms with Gasteiger partial charge >= 0.3 is 0 Å². The molecule has 1 aliphatic carbocycles. The van der Waals surface area contributed by atoms with Crippen LogP contribution in [-0.2, 0) is 10.0 Å². The molecule has 1 fully saturated rings. The SMILES string of the molecule is C=C(CCCN(CCC)c1cncc(-c2cn(-c3c(F)ccc(NS(=O)(=O)CCC)c3F)nn2)c1)C1CCC1. The number of hydrogen-bond donors (Lipinski definition) is 1. The fraction of sp³-hybridized carbons (Fsp3) is 0.464. The normalized spacial score (nSPS) is 13.7. The smallest absolute Gasteiger partial charge is 0.232 e. The number of pyridine rings is 1. The molecule has 4 rings (SSSR count). The minimum Gasteiger partial charge on any atom is -0.370 e. The van der Waals surface area contributed by atoms with Crippen LogP contribution in [0.2, 0.25) is 0 Å². The number of benzene rings is 1. The molecule has 0 radical (unpaired) electrons. The number of allylic oxidation sites excluding steroid dienone is 1. The summed E-state index contributed by atoms with van der Waals surface area (Å²) in [5.74, 6) is -1.47. The van der Waals surface area contributed by atoms with E-state index >= 15 is 4.39 Å². The largest absolute Gasteiger partial charge is 0.370 e. The molecule has 0 spiro atoms. The Kier molecular flexibility index (Phi) is 9.32. The number of sulfonamides is 1. The van der Waals surface area contributed by atoms with E-state index in [9.17, 15) is 12.8 Å². The predicted molar refractivity (Wildman–Crippen MR) is 150 cm³/mol. The molecular weight excluding hydrogens is 522 g/mol. The van der Waals surface area contributed by atoms with Gasteiger partial charge in [0.05, 0.1) is 29.5 Å². The van der Waals surface area contributed by atoms with Gasteiger partial charge in [-0.2, -0.15) is 0 Å². The highest BCUT2D eigenvalue weighted by atomic mass is 32.2. The van der Waals surface area contributed by atoms with Gasteiger partial charge in [-0.25, -0.2) is 21.9 Å². The van der Waals surface area contributed by atoms with Crippen molar-refractivity contribution < 1.29 is 17.2 Å². The molecule has 0 saturated heterocycles. The van der Waals surface area contributed by atoms with Crippen LogP contribution in [0.3, 0.4) is 0 Å². The quantitative estimate of drug-likeness (QED) is 0.240. The van der Waals surface area contributed by atoms with Crippen LogP contribution in [0.1, 0.15) is 58.8 Å². The molecule has 0 bridgehead atoms. The van der Waals surface area contributed by atoms with E-state index in [1.807, 2.05) is 6.07 Å². The van der Waals surface area contributed by atoms with Crippen molar-refractivity contribution in [2.24, 2.45) is 5.92 Å². The van der Waals surface area contributed by atoms with Gasteiger partial charge in [-0.05, 0) is 62.6 Å². The first-order valence-corrected chi connectivity index (χ1v) is 15.2. The predicted octanol–water partition coefficient (Wildman–Crippen LogP) is 6.11. The molecule has 0 aliphatic heterocycles. The van der Waals surface area contributed by atoms with Gasteiger partial charge in [0, 0.05) is 24.8 Å². The van der Waals surface area contributed by atoms with Gasteiger partial charge in [0.15, 0.2) is 11.6 Å². The lowest BCUT2D eigenvalue weighted by atomic mass is 9.79. The Hall–Kier alpha value is -3.34. The second-order valence-electron chi connectivity index (χ2n) is 10.0. The molecule has 210 valence electrons. The van der Waals surface area contributed by atoms with Crippen LogP contribution in [0.4, 0.5) is 20.2 Å². The molecular formula is C28H36F2N6O2S. The highest BCUT2D eigenvalue weighted by Crippen LogP contribution is 2.34. The van der Waals surface area contributed by atoms with Crippen molar-refractivity contribution in [3.05, 3.63) is 60.6 Å². The van der Waals surface area contributed by atoms with Gasteiger partial charge in [0.25, 0.3) is 0 Å². The Labute approximate surface area is 229 Å². The molecule has 11 heteroatoms. The summed E-state index contributed by atoms with van der Waals surface area (Å²) < 4.78 is 57.3. The Balaban J connectivity index is 1.53. The third-order valence-electron chi connectivity index (χ3n) is 7.01. The standard InChI is InChI=1S/C28H36F2N6O2S/c1-4-13-35(14-7-8-20(3)21-9-6-10-21)23-16-22(17-31-18-23)26-19-36(34-32-26)28-24(29)11-12-25(27(28)30)33-39(37,38)15-5-2/h11-12,16-19,21,33H,3-10,13-15H2,1-2H3. The van der Waals surface area contributed by atoms with E-state index < -0.39 is 27.3 Å². The second kappa shape index (κ2) is 12.7. The average molecular weight is 559 g/mol. The molecule has 3 aromatic rings. The van der Waals surface area contributed by atoms with Crippen molar-refractivity contribution in [2.45, 2.75) is 58.8 Å². The summed E-state index contributed by atoms with van der Waals surface area (Å²) >= 11 is 0. The van der Waals surface area contributed by atoms with E-state index in [0.717, 1.165) is 54.9 Å². The topological polar surface area (TPSA) is 93.0 Å². The van der Waals surface area contributed by atoms with Crippen LogP contribution in [0, 0.1) is 17.6 Å². The van der Waals surface area contributed by atoms with Gasteiger partial charge < -0.3 is 4.90 Å². The van der Waals surface area contributed by atoms with E-state index in [2.05, 4.69) is 38.4 Å². The molecule has 0 unspecified atom stereocenters. The summed E-state index contributed by atoms with van der Waals surface area (Å²) in [6.45, 7) is 9.84. The van der Waals surface area contributed by atoms with Crippen molar-refractivity contribution in [1.29, 1.82) is 0 Å². The van der Waals surface area contributed by atoms with Crippen LogP contribution in [0.15, 0.2) is 48.9 Å². The molecule has 1 aromatic carbocycles. The fourth-order valence-corrected chi connectivity index (χ4v) is 5.85. The van der Waals surface area contributed by atoms with Gasteiger partial charge in [-0.15, -0.1) is 5.10 Å². The van der Waals surface area contributed by atoms with E-state index in [-0.39, 0.29) is 11.4 Å². The van der Waals surface area contributed by atoms with Crippen molar-refractivity contribution in [3.63, 3.8) is 0 Å². The van der Waals surface area contributed by atoms with Crippen molar-refractivity contribution in [2.75, 3.05) is 28.5 Å². The van der Waals surface area contributed by atoms with Crippen LogP contribution < -0.4 is 9.62 Å². The lowest BCUT2D eigenvalue weighted by molar-refractivity contribution is 0.358. The third kappa shape index (κ3) is 7.00. The zero-order valence-electron chi connectivity index (χ0n) is 22.5. The maximum Gasteiger partial charge on any atom is 0.232 e. The molecule has 1 aliphatic rings. The Morgan fingerprint density at radius 3 is 2.67 bits per heavy atom. The minimum absolute atomic E-state index is 0.180. The second-order valence-corrected chi connectivity index (χ2v) is 11.9. The number of halogens is 2. The zero-order chi connectivity index (χ0) is 28.0. The number of nitrogens with zero attached hydrogens (tertiary/aromatic N) is 5. The van der Waals surface area contributed by atoms with Gasteiger partial charge in [-0.1, -0.05) is 37.6 Å². The van der Waals surface area contributed by atoms with Crippen LogP contribution in [0.25, 0.3) is 16.9 Å². The molecule has 0 amide bonds. The lowest BCUT2D eigenvalue weighted by Crippen LogP contribution is -2.26. The van der Waals surface area contributed by atoms with Crippen molar-refractivity contribution >= 4 is 21.4 Å². The van der Waals surface area contributed by atoms with E-state index in [1.54, 1.807) is 19.3 Å². The summed E-state index contributed by atoms with van der Waals surface area (Å²) in [5, 5.41) is 8.04. The van der Waals surface area contributed by atoms with Crippen LogP contribution in [-0.4, -0.2) is 47.2 Å². The summed E-state index contributed by atoms with van der Waals surface area (Å²) in [4.78, 5) is 6.66. The molecule has 0 atom stereocenters. The molecule has 8 nitrogen and oxygen atoms in total. The van der Waals surface area contributed by atoms with E-state index in [1.165, 1.54) is 31.0 Å². The molecule has 2 aromatic heterocycles. The van der Waals surface area contributed by atoms with Gasteiger partial charge in [0.2, 0.25) is 10.0 Å². The number of hydrogen-bond acceptors (Lipinski definition) is 6. The summed E-state index contributed by atoms with van der Waals surface area (Å²) in [6, 6.07) is 3.99. The first-order valence-electron chi connectivity index (χ1n) is 13.5. The van der Waals surface area contributed by atoms with Crippen LogP contribution in [0.5, 0.6) is 0 Å². The van der Waals surface area contributed by atoms with Gasteiger partial charge in [-0.3, -0.25) is 9.71 Å². The van der Waals surface area contributed by atoms with E-state index in [4.69, 9.17) is 0 Å². The van der Waals surface area contributed by atoms with E-state index in [0.29, 0.717) is 23.6 Å². The first kappa shape index (κ1) is 28.7. The lowest BCUT2D eigenvalue weighted by Gasteiger charge is -2.29. The average Bonchev–Trinajstić information content (AvgIpc) is 3.34. The zero-order valence-corrected chi connectivity index (χ0v) is 23.4. The molecule has 1 saturated carbocycles.